The molecule has 1 aliphatic rings. The normalized spacial score (nSPS) is 14.6. The van der Waals surface area contributed by atoms with E-state index < -0.39 is 0 Å². The molecule has 1 amide bonds. The Labute approximate surface area is 177 Å². The summed E-state index contributed by atoms with van der Waals surface area (Å²) in [6, 6.07) is 7.38. The van der Waals surface area contributed by atoms with Crippen LogP contribution >= 0.6 is 0 Å². The van der Waals surface area contributed by atoms with Gasteiger partial charge in [-0.25, -0.2) is 0 Å². The van der Waals surface area contributed by atoms with Crippen LogP contribution in [-0.4, -0.2) is 34.2 Å². The minimum atomic E-state index is -0.305. The largest absolute Gasteiger partial charge is 0.493 e. The van der Waals surface area contributed by atoms with Gasteiger partial charge < -0.3 is 15.0 Å². The van der Waals surface area contributed by atoms with Crippen LogP contribution in [-0.2, 0) is 11.2 Å². The summed E-state index contributed by atoms with van der Waals surface area (Å²) < 4.78 is 5.67. The first-order valence-electron chi connectivity index (χ1n) is 11.0. The maximum atomic E-state index is 12.4. The van der Waals surface area contributed by atoms with Crippen LogP contribution in [0.4, 0.5) is 0 Å². The van der Waals surface area contributed by atoms with E-state index in [9.17, 15) is 9.59 Å². The fourth-order valence-corrected chi connectivity index (χ4v) is 3.60. The molecule has 7 heteroatoms. The number of hydrogen-bond acceptors (Lipinski definition) is 5. The number of H-pyrrole nitrogens is 1. The summed E-state index contributed by atoms with van der Waals surface area (Å²) in [6.07, 6.45) is 6.72. The Morgan fingerprint density at radius 3 is 2.57 bits per heavy atom. The van der Waals surface area contributed by atoms with Gasteiger partial charge in [0, 0.05) is 24.9 Å². The van der Waals surface area contributed by atoms with Gasteiger partial charge in [-0.3, -0.25) is 9.59 Å². The molecule has 0 radical (unpaired) electrons. The van der Waals surface area contributed by atoms with E-state index in [4.69, 9.17) is 4.74 Å². The lowest BCUT2D eigenvalue weighted by Gasteiger charge is -2.21. The van der Waals surface area contributed by atoms with Crippen molar-refractivity contribution in [1.82, 2.24) is 20.5 Å². The molecule has 1 aromatic heterocycles. The summed E-state index contributed by atoms with van der Waals surface area (Å²) in [5.74, 6) is 2.18. The predicted molar refractivity (Wildman–Crippen MR) is 116 cm³/mol. The summed E-state index contributed by atoms with van der Waals surface area (Å²) in [7, 11) is 0. The Kier molecular flexibility index (Phi) is 7.99. The average molecular weight is 413 g/mol. The molecule has 1 saturated carbocycles. The van der Waals surface area contributed by atoms with Gasteiger partial charge in [-0.05, 0) is 48.9 Å². The number of aromatic nitrogens is 3. The first-order valence-corrected chi connectivity index (χ1v) is 11.0. The van der Waals surface area contributed by atoms with Crippen LogP contribution in [0.3, 0.4) is 0 Å². The molecule has 3 rings (SSSR count). The number of ether oxygens (including phenoxy) is 1. The lowest BCUT2D eigenvalue weighted by atomic mass is 9.89. The van der Waals surface area contributed by atoms with Gasteiger partial charge in [0.1, 0.15) is 11.4 Å². The highest BCUT2D eigenvalue weighted by atomic mass is 16.5. The van der Waals surface area contributed by atoms with Crippen LogP contribution in [0, 0.1) is 11.8 Å². The first kappa shape index (κ1) is 22.0. The molecule has 162 valence electrons. The highest BCUT2D eigenvalue weighted by molar-refractivity contribution is 5.76. The van der Waals surface area contributed by atoms with Crippen molar-refractivity contribution in [3.63, 3.8) is 0 Å². The number of benzene rings is 1. The molecule has 0 bridgehead atoms. The number of carbonyl (C=O) groups is 1. The third-order valence-electron chi connectivity index (χ3n) is 5.38. The highest BCUT2D eigenvalue weighted by Crippen LogP contribution is 2.22. The predicted octanol–water partition coefficient (Wildman–Crippen LogP) is 3.50. The second-order valence-corrected chi connectivity index (χ2v) is 8.49. The van der Waals surface area contributed by atoms with Gasteiger partial charge in [-0.2, -0.15) is 0 Å². The van der Waals surface area contributed by atoms with E-state index in [1.807, 2.05) is 24.3 Å². The third kappa shape index (κ3) is 6.68. The van der Waals surface area contributed by atoms with Gasteiger partial charge in [0.2, 0.25) is 5.91 Å². The zero-order chi connectivity index (χ0) is 21.3. The molecule has 1 fully saturated rings. The zero-order valence-corrected chi connectivity index (χ0v) is 17.9. The van der Waals surface area contributed by atoms with Crippen LogP contribution in [0.2, 0.25) is 0 Å². The number of aromatic amines is 1. The Hall–Kier alpha value is -2.70. The summed E-state index contributed by atoms with van der Waals surface area (Å²) in [6.45, 7) is 5.57. The van der Waals surface area contributed by atoms with Gasteiger partial charge in [-0.15, -0.1) is 10.2 Å². The number of nitrogens with one attached hydrogen (secondary N) is 2. The van der Waals surface area contributed by atoms with Crippen LogP contribution in [0.1, 0.15) is 58.1 Å². The van der Waals surface area contributed by atoms with Crippen molar-refractivity contribution in [3.8, 4) is 17.1 Å². The molecule has 2 aromatic rings. The molecule has 1 aliphatic carbocycles. The van der Waals surface area contributed by atoms with Crippen molar-refractivity contribution >= 4 is 5.91 Å². The molecule has 0 unspecified atom stereocenters. The number of amides is 1. The Morgan fingerprint density at radius 2 is 1.90 bits per heavy atom. The van der Waals surface area contributed by atoms with Gasteiger partial charge in [0.15, 0.2) is 5.82 Å². The number of rotatable bonds is 9. The SMILES string of the molecule is CC(C)COc1ccc(-c2nnc(CCC(=O)NCC3CCCCC3)c(=O)[nH]2)cc1. The molecular weight excluding hydrogens is 380 g/mol. The van der Waals surface area contributed by atoms with E-state index in [1.54, 1.807) is 0 Å². The van der Waals surface area contributed by atoms with Crippen molar-refractivity contribution in [2.45, 2.75) is 58.8 Å². The molecule has 2 N–H and O–H groups in total. The van der Waals surface area contributed by atoms with Crippen molar-refractivity contribution in [2.24, 2.45) is 11.8 Å². The second kappa shape index (κ2) is 10.9. The Morgan fingerprint density at radius 1 is 1.17 bits per heavy atom. The van der Waals surface area contributed by atoms with E-state index in [2.05, 4.69) is 34.3 Å². The van der Waals surface area contributed by atoms with Crippen molar-refractivity contribution in [1.29, 1.82) is 0 Å². The Bertz CT molecular complexity index is 871. The van der Waals surface area contributed by atoms with Crippen LogP contribution in [0.5, 0.6) is 5.75 Å². The summed E-state index contributed by atoms with van der Waals surface area (Å²) in [5.41, 5.74) is 0.733. The molecule has 1 heterocycles. The highest BCUT2D eigenvalue weighted by Gasteiger charge is 2.15. The minimum absolute atomic E-state index is 0.0390. The molecule has 7 nitrogen and oxygen atoms in total. The van der Waals surface area contributed by atoms with Gasteiger partial charge in [0.25, 0.3) is 5.56 Å². The molecular formula is C23H32N4O3. The number of hydrogen-bond donors (Lipinski definition) is 2. The molecule has 0 atom stereocenters. The molecule has 1 aromatic carbocycles. The summed E-state index contributed by atoms with van der Waals surface area (Å²) >= 11 is 0. The number of aryl methyl sites for hydroxylation is 1. The van der Waals surface area contributed by atoms with Gasteiger partial charge >= 0.3 is 0 Å². The van der Waals surface area contributed by atoms with Crippen LogP contribution < -0.4 is 15.6 Å². The smallest absolute Gasteiger partial charge is 0.273 e. The van der Waals surface area contributed by atoms with Crippen LogP contribution in [0.25, 0.3) is 11.4 Å². The molecule has 0 saturated heterocycles. The number of carbonyl (C=O) groups excluding carboxylic acids is 1. The molecule has 0 spiro atoms. The maximum absolute atomic E-state index is 12.4. The van der Waals surface area contributed by atoms with E-state index in [0.29, 0.717) is 24.3 Å². The lowest BCUT2D eigenvalue weighted by Crippen LogP contribution is -2.31. The minimum Gasteiger partial charge on any atom is -0.493 e. The fraction of sp³-hybridized carbons (Fsp3) is 0.565. The van der Waals surface area contributed by atoms with Gasteiger partial charge in [-0.1, -0.05) is 33.1 Å². The standard InChI is InChI=1S/C23H32N4O3/c1-16(2)15-30-19-10-8-18(9-11-19)22-25-23(29)20(26-27-22)12-13-21(28)24-14-17-6-4-3-5-7-17/h8-11,16-17H,3-7,12-15H2,1-2H3,(H,24,28)(H,25,27,29). The first-order chi connectivity index (χ1) is 14.5. The quantitative estimate of drug-likeness (QED) is 0.657. The van der Waals surface area contributed by atoms with Crippen molar-refractivity contribution in [2.75, 3.05) is 13.2 Å². The van der Waals surface area contributed by atoms with Crippen LogP contribution in [0.15, 0.2) is 29.1 Å². The van der Waals surface area contributed by atoms with E-state index in [1.165, 1.54) is 32.1 Å². The summed E-state index contributed by atoms with van der Waals surface area (Å²) in [5, 5.41) is 11.2. The zero-order valence-electron chi connectivity index (χ0n) is 17.9. The van der Waals surface area contributed by atoms with E-state index in [0.717, 1.165) is 17.9 Å². The van der Waals surface area contributed by atoms with Gasteiger partial charge in [0.05, 0.1) is 6.61 Å². The summed E-state index contributed by atoms with van der Waals surface area (Å²) in [4.78, 5) is 27.2. The second-order valence-electron chi connectivity index (χ2n) is 8.49. The third-order valence-corrected chi connectivity index (χ3v) is 5.38. The van der Waals surface area contributed by atoms with Crippen molar-refractivity contribution < 1.29 is 9.53 Å². The van der Waals surface area contributed by atoms with E-state index >= 15 is 0 Å². The average Bonchev–Trinajstić information content (AvgIpc) is 2.76. The fourth-order valence-electron chi connectivity index (χ4n) is 3.60. The van der Waals surface area contributed by atoms with E-state index in [-0.39, 0.29) is 30.0 Å². The Balaban J connectivity index is 1.51. The lowest BCUT2D eigenvalue weighted by molar-refractivity contribution is -0.121. The molecule has 0 aliphatic heterocycles. The topological polar surface area (TPSA) is 97.0 Å². The monoisotopic (exact) mass is 412 g/mol. The maximum Gasteiger partial charge on any atom is 0.273 e. The van der Waals surface area contributed by atoms with Crippen molar-refractivity contribution in [3.05, 3.63) is 40.3 Å². The molecule has 30 heavy (non-hydrogen) atoms. The number of nitrogens with zero attached hydrogens (tertiary/aromatic N) is 2.